The summed E-state index contributed by atoms with van der Waals surface area (Å²) in [6.45, 7) is 2.17. The van der Waals surface area contributed by atoms with Gasteiger partial charge >= 0.3 is 5.91 Å². The third kappa shape index (κ3) is 2.26. The molecule has 1 amide bonds. The molecule has 0 saturated carbocycles. The second kappa shape index (κ2) is 4.26. The van der Waals surface area contributed by atoms with Gasteiger partial charge in [-0.1, -0.05) is 6.07 Å². The molecule has 2 aromatic rings. The van der Waals surface area contributed by atoms with Gasteiger partial charge < -0.3 is 9.32 Å². The fourth-order valence-corrected chi connectivity index (χ4v) is 1.62. The Bertz CT molecular complexity index is 610. The van der Waals surface area contributed by atoms with Crippen molar-refractivity contribution >= 4 is 17.0 Å². The molecule has 0 aliphatic rings. The number of nitriles is 1. The van der Waals surface area contributed by atoms with E-state index >= 15 is 0 Å². The first-order chi connectivity index (χ1) is 8.10. The molecule has 2 rings (SSSR count). The Balaban J connectivity index is 2.25. The SMILES string of the molecule is Cc1nc2cc(CN(C)C(=O)C#N)ccc2o1. The minimum Gasteiger partial charge on any atom is -0.441 e. The summed E-state index contributed by atoms with van der Waals surface area (Å²) in [5.74, 6) is 0.0556. The second-order valence-corrected chi connectivity index (χ2v) is 3.81. The second-order valence-electron chi connectivity index (χ2n) is 3.81. The van der Waals surface area contributed by atoms with E-state index in [-0.39, 0.29) is 0 Å². The maximum Gasteiger partial charge on any atom is 0.325 e. The van der Waals surface area contributed by atoms with Crippen LogP contribution >= 0.6 is 0 Å². The molecule has 0 atom stereocenters. The van der Waals surface area contributed by atoms with Crippen LogP contribution in [0.4, 0.5) is 0 Å². The van der Waals surface area contributed by atoms with Gasteiger partial charge in [0.1, 0.15) is 5.52 Å². The Morgan fingerprint density at radius 3 is 3.06 bits per heavy atom. The summed E-state index contributed by atoms with van der Waals surface area (Å²) in [6.07, 6.45) is 0. The van der Waals surface area contributed by atoms with Crippen LogP contribution in [-0.4, -0.2) is 22.8 Å². The molecular weight excluding hydrogens is 218 g/mol. The lowest BCUT2D eigenvalue weighted by Gasteiger charge is -2.12. The zero-order chi connectivity index (χ0) is 12.4. The fraction of sp³-hybridized carbons (Fsp3) is 0.250. The predicted octanol–water partition coefficient (Wildman–Crippen LogP) is 1.62. The average Bonchev–Trinajstić information content (AvgIpc) is 2.67. The number of amides is 1. The number of hydrogen-bond acceptors (Lipinski definition) is 4. The van der Waals surface area contributed by atoms with Crippen molar-refractivity contribution in [2.24, 2.45) is 0 Å². The van der Waals surface area contributed by atoms with Crippen LogP contribution < -0.4 is 0 Å². The molecule has 5 nitrogen and oxygen atoms in total. The highest BCUT2D eigenvalue weighted by atomic mass is 16.3. The number of nitrogens with zero attached hydrogens (tertiary/aromatic N) is 3. The van der Waals surface area contributed by atoms with Crippen molar-refractivity contribution in [3.63, 3.8) is 0 Å². The standard InChI is InChI=1S/C12H11N3O2/c1-8-14-10-5-9(3-4-11(10)17-8)7-15(2)12(16)6-13/h3-5H,7H2,1-2H3. The lowest BCUT2D eigenvalue weighted by atomic mass is 10.2. The molecule has 0 spiro atoms. The summed E-state index contributed by atoms with van der Waals surface area (Å²) in [7, 11) is 1.59. The van der Waals surface area contributed by atoms with E-state index in [1.54, 1.807) is 20.0 Å². The summed E-state index contributed by atoms with van der Waals surface area (Å²) in [5.41, 5.74) is 2.40. The minimum atomic E-state index is -0.554. The fourth-order valence-electron chi connectivity index (χ4n) is 1.62. The van der Waals surface area contributed by atoms with E-state index in [9.17, 15) is 4.79 Å². The van der Waals surface area contributed by atoms with Gasteiger partial charge in [-0.15, -0.1) is 0 Å². The van der Waals surface area contributed by atoms with Gasteiger partial charge in [0.15, 0.2) is 17.5 Å². The van der Waals surface area contributed by atoms with E-state index < -0.39 is 5.91 Å². The van der Waals surface area contributed by atoms with Crippen molar-refractivity contribution in [2.75, 3.05) is 7.05 Å². The van der Waals surface area contributed by atoms with Crippen LogP contribution in [0.1, 0.15) is 11.5 Å². The van der Waals surface area contributed by atoms with Crippen molar-refractivity contribution in [2.45, 2.75) is 13.5 Å². The monoisotopic (exact) mass is 229 g/mol. The lowest BCUT2D eigenvalue weighted by Crippen LogP contribution is -2.24. The van der Waals surface area contributed by atoms with Gasteiger partial charge in [-0.3, -0.25) is 4.79 Å². The number of carbonyl (C=O) groups excluding carboxylic acids is 1. The van der Waals surface area contributed by atoms with E-state index in [1.807, 2.05) is 18.2 Å². The Kier molecular flexibility index (Phi) is 2.79. The first-order valence-electron chi connectivity index (χ1n) is 5.11. The zero-order valence-electron chi connectivity index (χ0n) is 9.60. The third-order valence-corrected chi connectivity index (χ3v) is 2.42. The normalized spacial score (nSPS) is 10.2. The molecule has 0 N–H and O–H groups in total. The van der Waals surface area contributed by atoms with Crippen molar-refractivity contribution in [3.05, 3.63) is 29.7 Å². The number of rotatable bonds is 2. The highest BCUT2D eigenvalue weighted by Gasteiger charge is 2.09. The van der Waals surface area contributed by atoms with Gasteiger partial charge in [-0.25, -0.2) is 4.98 Å². The van der Waals surface area contributed by atoms with Crippen LogP contribution in [0.25, 0.3) is 11.1 Å². The van der Waals surface area contributed by atoms with E-state index in [1.165, 1.54) is 4.90 Å². The molecule has 0 unspecified atom stereocenters. The Morgan fingerprint density at radius 2 is 2.35 bits per heavy atom. The number of hydrogen-bond donors (Lipinski definition) is 0. The summed E-state index contributed by atoms with van der Waals surface area (Å²) >= 11 is 0. The van der Waals surface area contributed by atoms with Crippen LogP contribution in [0.3, 0.4) is 0 Å². The first kappa shape index (κ1) is 11.1. The summed E-state index contributed by atoms with van der Waals surface area (Å²) in [6, 6.07) is 7.10. The van der Waals surface area contributed by atoms with Crippen LogP contribution in [0.2, 0.25) is 0 Å². The smallest absolute Gasteiger partial charge is 0.325 e. The maximum absolute atomic E-state index is 11.1. The van der Waals surface area contributed by atoms with Crippen LogP contribution in [0.5, 0.6) is 0 Å². The number of aromatic nitrogens is 1. The molecule has 0 aliphatic heterocycles. The van der Waals surface area contributed by atoms with E-state index in [0.29, 0.717) is 12.4 Å². The Morgan fingerprint density at radius 1 is 1.59 bits per heavy atom. The van der Waals surface area contributed by atoms with Crippen molar-refractivity contribution in [3.8, 4) is 6.07 Å². The zero-order valence-corrected chi connectivity index (χ0v) is 9.60. The van der Waals surface area contributed by atoms with Gasteiger partial charge in [0.05, 0.1) is 0 Å². The first-order valence-corrected chi connectivity index (χ1v) is 5.11. The lowest BCUT2D eigenvalue weighted by molar-refractivity contribution is -0.124. The summed E-state index contributed by atoms with van der Waals surface area (Å²) in [4.78, 5) is 16.7. The molecule has 0 saturated heterocycles. The predicted molar refractivity (Wildman–Crippen MR) is 60.8 cm³/mol. The van der Waals surface area contributed by atoms with Crippen molar-refractivity contribution in [1.82, 2.24) is 9.88 Å². The average molecular weight is 229 g/mol. The molecule has 1 heterocycles. The quantitative estimate of drug-likeness (QED) is 0.733. The highest BCUT2D eigenvalue weighted by molar-refractivity contribution is 5.91. The molecule has 1 aromatic carbocycles. The van der Waals surface area contributed by atoms with Crippen LogP contribution in [0, 0.1) is 18.3 Å². The number of fused-ring (bicyclic) bond motifs is 1. The molecule has 0 bridgehead atoms. The number of aryl methyl sites for hydroxylation is 1. The van der Waals surface area contributed by atoms with Gasteiger partial charge in [-0.05, 0) is 17.7 Å². The van der Waals surface area contributed by atoms with Gasteiger partial charge in [-0.2, -0.15) is 5.26 Å². The van der Waals surface area contributed by atoms with E-state index in [0.717, 1.165) is 16.7 Å². The van der Waals surface area contributed by atoms with Crippen molar-refractivity contribution in [1.29, 1.82) is 5.26 Å². The topological polar surface area (TPSA) is 70.1 Å². The largest absolute Gasteiger partial charge is 0.441 e. The summed E-state index contributed by atoms with van der Waals surface area (Å²) in [5, 5.41) is 8.49. The molecule has 1 aromatic heterocycles. The third-order valence-electron chi connectivity index (χ3n) is 2.42. The molecule has 0 radical (unpaired) electrons. The van der Waals surface area contributed by atoms with Crippen molar-refractivity contribution < 1.29 is 9.21 Å². The minimum absolute atomic E-state index is 0.383. The van der Waals surface area contributed by atoms with Crippen LogP contribution in [-0.2, 0) is 11.3 Å². The molecule has 0 fully saturated rings. The number of oxazole rings is 1. The van der Waals surface area contributed by atoms with E-state index in [4.69, 9.17) is 9.68 Å². The Labute approximate surface area is 98.3 Å². The van der Waals surface area contributed by atoms with E-state index in [2.05, 4.69) is 4.98 Å². The molecule has 86 valence electrons. The van der Waals surface area contributed by atoms with Crippen LogP contribution in [0.15, 0.2) is 22.6 Å². The van der Waals surface area contributed by atoms with Gasteiger partial charge in [0, 0.05) is 20.5 Å². The summed E-state index contributed by atoms with van der Waals surface area (Å²) < 4.78 is 5.35. The molecular formula is C12H11N3O2. The Hall–Kier alpha value is -2.35. The number of carbonyl (C=O) groups is 1. The number of benzene rings is 1. The maximum atomic E-state index is 11.1. The van der Waals surface area contributed by atoms with Gasteiger partial charge in [0.25, 0.3) is 0 Å². The molecule has 0 aliphatic carbocycles. The molecule has 17 heavy (non-hydrogen) atoms. The van der Waals surface area contributed by atoms with Gasteiger partial charge in [0.2, 0.25) is 0 Å². The highest BCUT2D eigenvalue weighted by Crippen LogP contribution is 2.17. The molecule has 5 heteroatoms.